The quantitative estimate of drug-likeness (QED) is 0.772. The Hall–Kier alpha value is 0.633. The van der Waals surface area contributed by atoms with Crippen molar-refractivity contribution in [1.29, 1.82) is 0 Å². The fraction of sp³-hybridized carbons (Fsp3) is 1.00. The first-order valence-electron chi connectivity index (χ1n) is 4.18. The number of rotatable bonds is 2. The molecule has 1 aliphatic heterocycles. The molecule has 1 radical (unpaired) electrons. The van der Waals surface area contributed by atoms with Crippen LogP contribution >= 0.6 is 0 Å². The van der Waals surface area contributed by atoms with Crippen LogP contribution in [0, 0.1) is 0 Å². The Balaban J connectivity index is 0. The Morgan fingerprint density at radius 3 is 2.00 bits per heavy atom. The third-order valence-electron chi connectivity index (χ3n) is 1.95. The zero-order chi connectivity index (χ0) is 7.23. The molecule has 3 N–H and O–H groups in total. The molecule has 0 aromatic rings. The van der Waals surface area contributed by atoms with Crippen LogP contribution in [0.4, 0.5) is 0 Å². The first-order valence-corrected chi connectivity index (χ1v) is 4.18. The minimum absolute atomic E-state index is 0. The van der Waals surface area contributed by atoms with Gasteiger partial charge >= 0.3 is 7.55 Å². The Morgan fingerprint density at radius 1 is 1.08 bits per heavy atom. The number of hydrogen-bond donors (Lipinski definition) is 1. The molecule has 12 heavy (non-hydrogen) atoms. The van der Waals surface area contributed by atoms with Crippen LogP contribution in [0.25, 0.3) is 6.15 Å². The van der Waals surface area contributed by atoms with Crippen molar-refractivity contribution in [2.75, 3.05) is 20.1 Å². The third-order valence-corrected chi connectivity index (χ3v) is 1.95. The summed E-state index contributed by atoms with van der Waals surface area (Å²) in [5.41, 5.74) is 0. The van der Waals surface area contributed by atoms with Crippen LogP contribution in [0.1, 0.15) is 25.7 Å². The summed E-state index contributed by atoms with van der Waals surface area (Å²) in [6, 6.07) is 0. The van der Waals surface area contributed by atoms with Gasteiger partial charge in [-0.2, -0.15) is 0 Å². The molecular formula is C7H18BN3W-. The topological polar surface area (TPSA) is 48.8 Å². The van der Waals surface area contributed by atoms with E-state index in [1.165, 1.54) is 38.8 Å². The number of nitrogens with one attached hydrogen (secondary N) is 1. The van der Waals surface area contributed by atoms with E-state index in [0.29, 0.717) is 0 Å². The van der Waals surface area contributed by atoms with Gasteiger partial charge in [0.15, 0.2) is 0 Å². The molecule has 1 heterocycles. The fourth-order valence-corrected chi connectivity index (χ4v) is 1.41. The molecule has 0 atom stereocenters. The summed E-state index contributed by atoms with van der Waals surface area (Å²) in [6.45, 7) is 2.47. The van der Waals surface area contributed by atoms with Crippen LogP contribution in [0.5, 0.6) is 0 Å². The minimum atomic E-state index is 0. The van der Waals surface area contributed by atoms with Gasteiger partial charge < -0.3 is 16.2 Å². The predicted molar refractivity (Wildman–Crippen MR) is 50.1 cm³/mol. The average Bonchev–Trinajstić information content (AvgIpc) is 2.17. The van der Waals surface area contributed by atoms with E-state index in [1.54, 1.807) is 0 Å². The van der Waals surface area contributed by atoms with Gasteiger partial charge in [0.2, 0.25) is 0 Å². The van der Waals surface area contributed by atoms with Crippen LogP contribution in [0.15, 0.2) is 0 Å². The molecule has 0 saturated carbocycles. The molecule has 0 bridgehead atoms. The van der Waals surface area contributed by atoms with Crippen molar-refractivity contribution < 1.29 is 21.1 Å². The van der Waals surface area contributed by atoms with Crippen LogP contribution in [-0.4, -0.2) is 32.5 Å². The Kier molecular flexibility index (Phi) is 12.2. The molecule has 1 saturated heterocycles. The Morgan fingerprint density at radius 2 is 1.58 bits per heavy atom. The van der Waals surface area contributed by atoms with E-state index in [2.05, 4.69) is 17.6 Å². The van der Waals surface area contributed by atoms with E-state index in [1.807, 2.05) is 7.05 Å². The second-order valence-electron chi connectivity index (χ2n) is 2.87. The van der Waals surface area contributed by atoms with E-state index in [4.69, 9.17) is 0 Å². The van der Waals surface area contributed by atoms with E-state index >= 15 is 0 Å². The van der Waals surface area contributed by atoms with Crippen LogP contribution in [0.3, 0.4) is 0 Å². The maximum atomic E-state index is 3.07. The maximum Gasteiger partial charge on any atom is 0.310 e. The zero-order valence-electron chi connectivity index (χ0n) is 7.75. The van der Waals surface area contributed by atoms with Crippen molar-refractivity contribution >= 4 is 7.55 Å². The second kappa shape index (κ2) is 9.72. The molecule has 0 aromatic carbocycles. The van der Waals surface area contributed by atoms with E-state index in [0.717, 1.165) is 0 Å². The normalized spacial score (nSPS) is 18.4. The summed E-state index contributed by atoms with van der Waals surface area (Å²) in [6.07, 6.45) is 5.54. The van der Waals surface area contributed by atoms with Crippen LogP contribution in [0.2, 0.25) is 0 Å². The first-order chi connectivity index (χ1) is 4.93. The smallest absolute Gasteiger partial charge is 0.310 e. The third kappa shape index (κ3) is 6.18. The SMILES string of the molecule is CN[B]N1CCCCCC1.[NH2-].[W]. The zero-order valence-corrected chi connectivity index (χ0v) is 10.7. The van der Waals surface area contributed by atoms with Crippen molar-refractivity contribution in [2.24, 2.45) is 0 Å². The Labute approximate surface area is 90.8 Å². The van der Waals surface area contributed by atoms with Gasteiger partial charge in [0, 0.05) is 21.1 Å². The molecule has 1 rings (SSSR count). The van der Waals surface area contributed by atoms with Crippen LogP contribution in [-0.2, 0) is 21.1 Å². The van der Waals surface area contributed by atoms with Crippen molar-refractivity contribution in [1.82, 2.24) is 10.0 Å². The molecule has 5 heteroatoms. The standard InChI is InChI=1S/C7H16BN2.H2N.W/c1-9-8-10-6-4-2-3-5-7-10;;/h9H,2-7H2,1H3;1H2;/q;-1;. The molecule has 3 nitrogen and oxygen atoms in total. The molecule has 0 aromatic heterocycles. The van der Waals surface area contributed by atoms with Crippen LogP contribution < -0.4 is 5.23 Å². The fourth-order valence-electron chi connectivity index (χ4n) is 1.41. The summed E-state index contributed by atoms with van der Waals surface area (Å²) < 4.78 is 0. The van der Waals surface area contributed by atoms with Gasteiger partial charge in [-0.25, -0.2) is 0 Å². The van der Waals surface area contributed by atoms with Crippen molar-refractivity contribution in [3.05, 3.63) is 6.15 Å². The van der Waals surface area contributed by atoms with E-state index < -0.39 is 0 Å². The molecule has 0 unspecified atom stereocenters. The number of hydrogen-bond acceptors (Lipinski definition) is 2. The predicted octanol–water partition coefficient (Wildman–Crippen LogP) is 1.33. The molecule has 0 amide bonds. The van der Waals surface area contributed by atoms with E-state index in [9.17, 15) is 0 Å². The Bertz CT molecular complexity index is 86.7. The van der Waals surface area contributed by atoms with Gasteiger partial charge in [0.25, 0.3) is 0 Å². The molecule has 0 aliphatic carbocycles. The number of nitrogens with zero attached hydrogens (tertiary/aromatic N) is 1. The summed E-state index contributed by atoms with van der Waals surface area (Å²) in [4.78, 5) is 2.37. The van der Waals surface area contributed by atoms with Gasteiger partial charge in [-0.3, -0.25) is 0 Å². The summed E-state index contributed by atoms with van der Waals surface area (Å²) in [5.74, 6) is 0. The van der Waals surface area contributed by atoms with Gasteiger partial charge in [-0.05, 0) is 33.0 Å². The van der Waals surface area contributed by atoms with E-state index in [-0.39, 0.29) is 27.2 Å². The first kappa shape index (κ1) is 15.1. The van der Waals surface area contributed by atoms with Crippen molar-refractivity contribution in [3.8, 4) is 0 Å². The summed E-state index contributed by atoms with van der Waals surface area (Å²) in [5, 5.41) is 3.07. The minimum Gasteiger partial charge on any atom is -0.693 e. The van der Waals surface area contributed by atoms with Gasteiger partial charge in [0.1, 0.15) is 0 Å². The monoisotopic (exact) mass is 339 g/mol. The molecule has 71 valence electrons. The van der Waals surface area contributed by atoms with Gasteiger partial charge in [-0.15, -0.1) is 0 Å². The van der Waals surface area contributed by atoms with Gasteiger partial charge in [-0.1, -0.05) is 12.8 Å². The molecular weight excluding hydrogens is 321 g/mol. The van der Waals surface area contributed by atoms with Gasteiger partial charge in [0.05, 0.1) is 0 Å². The second-order valence-corrected chi connectivity index (χ2v) is 2.87. The number of nitrogens with two attached hydrogens (primary N) is 1. The maximum absolute atomic E-state index is 3.07. The largest absolute Gasteiger partial charge is 0.693 e. The van der Waals surface area contributed by atoms with Crippen molar-refractivity contribution in [2.45, 2.75) is 25.7 Å². The van der Waals surface area contributed by atoms with Crippen molar-refractivity contribution in [3.63, 3.8) is 0 Å². The average molecular weight is 339 g/mol. The molecule has 0 spiro atoms. The molecule has 1 fully saturated rings. The summed E-state index contributed by atoms with van der Waals surface area (Å²) in [7, 11) is 4.05. The summed E-state index contributed by atoms with van der Waals surface area (Å²) >= 11 is 0. The molecule has 1 aliphatic rings.